The lowest BCUT2D eigenvalue weighted by Crippen LogP contribution is -2.40. The average molecular weight is 389 g/mol. The Morgan fingerprint density at radius 2 is 1.79 bits per heavy atom. The third-order valence-corrected chi connectivity index (χ3v) is 4.99. The molecule has 0 atom stereocenters. The molecule has 0 radical (unpaired) electrons. The molecule has 2 amide bonds. The zero-order valence-corrected chi connectivity index (χ0v) is 15.3. The number of carbonyl (C=O) groups is 1. The van der Waals surface area contributed by atoms with Crippen molar-refractivity contribution in [1.29, 1.82) is 0 Å². The number of carbonyl (C=O) groups excluding carboxylic acids is 1. The van der Waals surface area contributed by atoms with E-state index in [2.05, 4.69) is 27.3 Å². The summed E-state index contributed by atoms with van der Waals surface area (Å²) in [6.45, 7) is 1.51. The van der Waals surface area contributed by atoms with Gasteiger partial charge in [-0.05, 0) is 54.7 Å². The van der Waals surface area contributed by atoms with Crippen molar-refractivity contribution < 1.29 is 9.53 Å². The van der Waals surface area contributed by atoms with Crippen LogP contribution in [0.15, 0.2) is 53.0 Å². The summed E-state index contributed by atoms with van der Waals surface area (Å²) in [5.74, 6) is 1.38. The van der Waals surface area contributed by atoms with Gasteiger partial charge in [0, 0.05) is 23.2 Å². The molecule has 0 aliphatic carbocycles. The zero-order chi connectivity index (χ0) is 16.9. The molecule has 1 aliphatic rings. The topological polar surface area (TPSA) is 41.6 Å². The summed E-state index contributed by atoms with van der Waals surface area (Å²) >= 11 is 3.40. The highest BCUT2D eigenvalue weighted by atomic mass is 79.9. The summed E-state index contributed by atoms with van der Waals surface area (Å²) in [6.07, 6.45) is 1.91. The van der Waals surface area contributed by atoms with Gasteiger partial charge in [-0.1, -0.05) is 34.1 Å². The number of anilines is 1. The molecule has 0 spiro atoms. The van der Waals surface area contributed by atoms with Crippen molar-refractivity contribution >= 4 is 27.6 Å². The van der Waals surface area contributed by atoms with E-state index in [4.69, 9.17) is 4.74 Å². The molecule has 0 saturated carbocycles. The maximum absolute atomic E-state index is 12.4. The van der Waals surface area contributed by atoms with Gasteiger partial charge in [-0.2, -0.15) is 0 Å². The van der Waals surface area contributed by atoms with Gasteiger partial charge in [0.1, 0.15) is 5.75 Å². The SMILES string of the molecule is COc1ccccc1C1CCN(C(=O)Nc2ccc(Br)cc2)CC1. The first kappa shape index (κ1) is 16.8. The normalized spacial score (nSPS) is 15.2. The Hall–Kier alpha value is -2.01. The lowest BCUT2D eigenvalue weighted by Gasteiger charge is -2.32. The zero-order valence-electron chi connectivity index (χ0n) is 13.7. The Kier molecular flexibility index (Phi) is 5.41. The standard InChI is InChI=1S/C19H21BrN2O2/c1-24-18-5-3-2-4-17(18)14-10-12-22(13-11-14)19(23)21-16-8-6-15(20)7-9-16/h2-9,14H,10-13H2,1H3,(H,21,23). The number of urea groups is 1. The molecule has 0 aromatic heterocycles. The van der Waals surface area contributed by atoms with Crippen LogP contribution < -0.4 is 10.1 Å². The van der Waals surface area contributed by atoms with Gasteiger partial charge in [0.05, 0.1) is 7.11 Å². The largest absolute Gasteiger partial charge is 0.496 e. The minimum absolute atomic E-state index is 0.0317. The minimum Gasteiger partial charge on any atom is -0.496 e. The van der Waals surface area contributed by atoms with Crippen LogP contribution in [0.3, 0.4) is 0 Å². The van der Waals surface area contributed by atoms with E-state index in [9.17, 15) is 4.79 Å². The quantitative estimate of drug-likeness (QED) is 0.814. The molecule has 3 rings (SSSR count). The number of likely N-dealkylation sites (tertiary alicyclic amines) is 1. The van der Waals surface area contributed by atoms with Gasteiger partial charge in [0.25, 0.3) is 0 Å². The fourth-order valence-electron chi connectivity index (χ4n) is 3.13. The molecule has 1 fully saturated rings. The van der Waals surface area contributed by atoms with E-state index < -0.39 is 0 Å². The smallest absolute Gasteiger partial charge is 0.321 e. The highest BCUT2D eigenvalue weighted by molar-refractivity contribution is 9.10. The Labute approximate surface area is 150 Å². The predicted molar refractivity (Wildman–Crippen MR) is 99.7 cm³/mol. The number of nitrogens with zero attached hydrogens (tertiary/aromatic N) is 1. The van der Waals surface area contributed by atoms with Gasteiger partial charge in [-0.3, -0.25) is 0 Å². The third kappa shape index (κ3) is 3.90. The number of para-hydroxylation sites is 1. The van der Waals surface area contributed by atoms with Gasteiger partial charge in [0.15, 0.2) is 0 Å². The number of hydrogen-bond donors (Lipinski definition) is 1. The molecule has 5 heteroatoms. The number of ether oxygens (including phenoxy) is 1. The van der Waals surface area contributed by atoms with Crippen molar-refractivity contribution in [3.63, 3.8) is 0 Å². The second kappa shape index (κ2) is 7.71. The van der Waals surface area contributed by atoms with Gasteiger partial charge in [-0.25, -0.2) is 4.79 Å². The molecule has 24 heavy (non-hydrogen) atoms. The molecule has 126 valence electrons. The molecule has 0 bridgehead atoms. The van der Waals surface area contributed by atoms with Crippen LogP contribution >= 0.6 is 15.9 Å². The lowest BCUT2D eigenvalue weighted by molar-refractivity contribution is 0.194. The number of piperidine rings is 1. The van der Waals surface area contributed by atoms with Crippen molar-refractivity contribution in [3.05, 3.63) is 58.6 Å². The van der Waals surface area contributed by atoms with Crippen LogP contribution in [0.4, 0.5) is 10.5 Å². The molecule has 1 N–H and O–H groups in total. The maximum Gasteiger partial charge on any atom is 0.321 e. The number of amides is 2. The minimum atomic E-state index is -0.0317. The van der Waals surface area contributed by atoms with Crippen LogP contribution in [0.1, 0.15) is 24.3 Å². The molecule has 2 aromatic carbocycles. The third-order valence-electron chi connectivity index (χ3n) is 4.46. The van der Waals surface area contributed by atoms with Crippen molar-refractivity contribution in [2.75, 3.05) is 25.5 Å². The monoisotopic (exact) mass is 388 g/mol. The number of benzene rings is 2. The van der Waals surface area contributed by atoms with E-state index in [0.717, 1.165) is 41.8 Å². The van der Waals surface area contributed by atoms with Crippen molar-refractivity contribution in [1.82, 2.24) is 4.90 Å². The van der Waals surface area contributed by atoms with Crippen LogP contribution in [-0.2, 0) is 0 Å². The predicted octanol–water partition coefficient (Wildman–Crippen LogP) is 4.87. The summed E-state index contributed by atoms with van der Waals surface area (Å²) in [7, 11) is 1.71. The highest BCUT2D eigenvalue weighted by Crippen LogP contribution is 2.34. The van der Waals surface area contributed by atoms with Gasteiger partial charge < -0.3 is 15.0 Å². The molecule has 1 aliphatic heterocycles. The first-order valence-corrected chi connectivity index (χ1v) is 8.91. The van der Waals surface area contributed by atoms with Crippen molar-refractivity contribution in [2.45, 2.75) is 18.8 Å². The maximum atomic E-state index is 12.4. The summed E-state index contributed by atoms with van der Waals surface area (Å²) in [4.78, 5) is 14.3. The molecular formula is C19H21BrN2O2. The van der Waals surface area contributed by atoms with Gasteiger partial charge in [-0.15, -0.1) is 0 Å². The Bertz CT molecular complexity index is 695. The van der Waals surface area contributed by atoms with E-state index >= 15 is 0 Å². The number of nitrogens with one attached hydrogen (secondary N) is 1. The van der Waals surface area contributed by atoms with E-state index in [-0.39, 0.29) is 6.03 Å². The number of methoxy groups -OCH3 is 1. The van der Waals surface area contributed by atoms with E-state index in [0.29, 0.717) is 5.92 Å². The van der Waals surface area contributed by atoms with Crippen LogP contribution in [0, 0.1) is 0 Å². The average Bonchev–Trinajstić information content (AvgIpc) is 2.63. The van der Waals surface area contributed by atoms with E-state index in [1.54, 1.807) is 7.11 Å². The van der Waals surface area contributed by atoms with Crippen LogP contribution in [0.2, 0.25) is 0 Å². The Morgan fingerprint density at radius 1 is 1.12 bits per heavy atom. The van der Waals surface area contributed by atoms with Crippen molar-refractivity contribution in [2.24, 2.45) is 0 Å². The lowest BCUT2D eigenvalue weighted by atomic mass is 9.89. The van der Waals surface area contributed by atoms with E-state index in [1.807, 2.05) is 47.4 Å². The molecular weight excluding hydrogens is 368 g/mol. The second-order valence-corrected chi connectivity index (χ2v) is 6.86. The number of halogens is 1. The molecule has 0 unspecified atom stereocenters. The van der Waals surface area contributed by atoms with Crippen LogP contribution in [-0.4, -0.2) is 31.1 Å². The fourth-order valence-corrected chi connectivity index (χ4v) is 3.40. The van der Waals surface area contributed by atoms with Gasteiger partial charge >= 0.3 is 6.03 Å². The second-order valence-electron chi connectivity index (χ2n) is 5.94. The molecule has 1 heterocycles. The molecule has 2 aromatic rings. The summed E-state index contributed by atoms with van der Waals surface area (Å²) in [5, 5.41) is 2.96. The fraction of sp³-hybridized carbons (Fsp3) is 0.316. The van der Waals surface area contributed by atoms with Gasteiger partial charge in [0.2, 0.25) is 0 Å². The molecule has 4 nitrogen and oxygen atoms in total. The Balaban J connectivity index is 1.58. The molecule has 1 saturated heterocycles. The number of hydrogen-bond acceptors (Lipinski definition) is 2. The summed E-state index contributed by atoms with van der Waals surface area (Å²) in [5.41, 5.74) is 2.06. The Morgan fingerprint density at radius 3 is 2.46 bits per heavy atom. The highest BCUT2D eigenvalue weighted by Gasteiger charge is 2.25. The van der Waals surface area contributed by atoms with Crippen molar-refractivity contribution in [3.8, 4) is 5.75 Å². The van der Waals surface area contributed by atoms with Crippen LogP contribution in [0.5, 0.6) is 5.75 Å². The first-order chi connectivity index (χ1) is 11.7. The number of rotatable bonds is 3. The van der Waals surface area contributed by atoms with Crippen LogP contribution in [0.25, 0.3) is 0 Å². The summed E-state index contributed by atoms with van der Waals surface area (Å²) in [6, 6.07) is 15.8. The van der Waals surface area contributed by atoms with E-state index in [1.165, 1.54) is 5.56 Å². The first-order valence-electron chi connectivity index (χ1n) is 8.12. The summed E-state index contributed by atoms with van der Waals surface area (Å²) < 4.78 is 6.46.